The van der Waals surface area contributed by atoms with Crippen LogP contribution in [0.25, 0.3) is 0 Å². The van der Waals surface area contributed by atoms with Gasteiger partial charge in [-0.05, 0) is 32.8 Å². The van der Waals surface area contributed by atoms with Gasteiger partial charge in [-0.25, -0.2) is 4.79 Å². The molecule has 0 aromatic carbocycles. The highest BCUT2D eigenvalue weighted by atomic mass is 35.5. The molecule has 0 bridgehead atoms. The molecule has 1 aromatic heterocycles. The van der Waals surface area contributed by atoms with Crippen molar-refractivity contribution in [2.24, 2.45) is 0 Å². The van der Waals surface area contributed by atoms with Crippen LogP contribution in [0.15, 0.2) is 12.3 Å². The second-order valence-corrected chi connectivity index (χ2v) is 5.66. The summed E-state index contributed by atoms with van der Waals surface area (Å²) in [6.07, 6.45) is 3.19. The number of halogens is 1. The molecule has 1 fully saturated rings. The van der Waals surface area contributed by atoms with Crippen LogP contribution < -0.4 is 0 Å². The van der Waals surface area contributed by atoms with Crippen molar-refractivity contribution in [3.05, 3.63) is 23.0 Å². The highest BCUT2D eigenvalue weighted by Gasteiger charge is 2.36. The average molecular weight is 299 g/mol. The number of hydrogen-bond acceptors (Lipinski definition) is 3. The molecule has 110 valence electrons. The van der Waals surface area contributed by atoms with Gasteiger partial charge in [-0.1, -0.05) is 11.6 Å². The van der Waals surface area contributed by atoms with E-state index in [4.69, 9.17) is 16.3 Å². The standard InChI is InChI=1S/C14H19ClN2O3/c1-9(2)17-8-10(15)7-12(17)13(18)16-6-4-5-11(16)14(19)20-3/h7-9,11H,4-6H2,1-3H3. The van der Waals surface area contributed by atoms with Crippen LogP contribution in [0.3, 0.4) is 0 Å². The van der Waals surface area contributed by atoms with Crippen LogP contribution in [0.4, 0.5) is 0 Å². The largest absolute Gasteiger partial charge is 0.467 e. The van der Waals surface area contributed by atoms with E-state index >= 15 is 0 Å². The molecule has 1 aliphatic rings. The molecular weight excluding hydrogens is 280 g/mol. The quantitative estimate of drug-likeness (QED) is 0.806. The van der Waals surface area contributed by atoms with Crippen molar-refractivity contribution in [2.75, 3.05) is 13.7 Å². The van der Waals surface area contributed by atoms with Crippen molar-refractivity contribution in [1.82, 2.24) is 9.47 Å². The Balaban J connectivity index is 2.29. The number of likely N-dealkylation sites (tertiary alicyclic amines) is 1. The third kappa shape index (κ3) is 2.68. The molecule has 6 heteroatoms. The van der Waals surface area contributed by atoms with Crippen LogP contribution in [-0.2, 0) is 9.53 Å². The van der Waals surface area contributed by atoms with Crippen molar-refractivity contribution in [3.63, 3.8) is 0 Å². The van der Waals surface area contributed by atoms with Crippen molar-refractivity contribution >= 4 is 23.5 Å². The van der Waals surface area contributed by atoms with Gasteiger partial charge in [0.1, 0.15) is 11.7 Å². The van der Waals surface area contributed by atoms with E-state index in [0.29, 0.717) is 23.7 Å². The molecular formula is C14H19ClN2O3. The van der Waals surface area contributed by atoms with Crippen LogP contribution in [0, 0.1) is 0 Å². The number of nitrogens with zero attached hydrogens (tertiary/aromatic N) is 2. The summed E-state index contributed by atoms with van der Waals surface area (Å²) in [6, 6.07) is 1.29. The fraction of sp³-hybridized carbons (Fsp3) is 0.571. The third-order valence-electron chi connectivity index (χ3n) is 3.58. The zero-order valence-corrected chi connectivity index (χ0v) is 12.7. The monoisotopic (exact) mass is 298 g/mol. The first-order chi connectivity index (χ1) is 9.45. The Kier molecular flexibility index (Phi) is 4.38. The fourth-order valence-corrected chi connectivity index (χ4v) is 2.79. The molecule has 1 unspecified atom stereocenters. The summed E-state index contributed by atoms with van der Waals surface area (Å²) in [5.41, 5.74) is 0.515. The number of hydrogen-bond donors (Lipinski definition) is 0. The summed E-state index contributed by atoms with van der Waals surface area (Å²) in [7, 11) is 1.34. The van der Waals surface area contributed by atoms with Crippen molar-refractivity contribution < 1.29 is 14.3 Å². The topological polar surface area (TPSA) is 51.5 Å². The second-order valence-electron chi connectivity index (χ2n) is 5.22. The first kappa shape index (κ1) is 14.9. The lowest BCUT2D eigenvalue weighted by Gasteiger charge is -2.24. The van der Waals surface area contributed by atoms with Gasteiger partial charge in [0.15, 0.2) is 0 Å². The van der Waals surface area contributed by atoms with Crippen LogP contribution in [0.2, 0.25) is 5.02 Å². The molecule has 1 atom stereocenters. The normalized spacial score (nSPS) is 18.6. The summed E-state index contributed by atoms with van der Waals surface area (Å²) >= 11 is 6.00. The van der Waals surface area contributed by atoms with E-state index in [1.807, 2.05) is 18.4 Å². The maximum atomic E-state index is 12.7. The van der Waals surface area contributed by atoms with E-state index in [0.717, 1.165) is 6.42 Å². The first-order valence-electron chi connectivity index (χ1n) is 6.72. The third-order valence-corrected chi connectivity index (χ3v) is 3.78. The number of carbonyl (C=O) groups is 2. The van der Waals surface area contributed by atoms with Gasteiger partial charge < -0.3 is 14.2 Å². The Morgan fingerprint density at radius 1 is 1.45 bits per heavy atom. The number of ether oxygens (including phenoxy) is 1. The molecule has 2 heterocycles. The minimum absolute atomic E-state index is 0.126. The minimum Gasteiger partial charge on any atom is -0.467 e. The molecule has 20 heavy (non-hydrogen) atoms. The van der Waals surface area contributed by atoms with Crippen LogP contribution in [0.1, 0.15) is 43.2 Å². The van der Waals surface area contributed by atoms with E-state index in [1.54, 1.807) is 17.2 Å². The lowest BCUT2D eigenvalue weighted by Crippen LogP contribution is -2.41. The van der Waals surface area contributed by atoms with Gasteiger partial charge >= 0.3 is 5.97 Å². The number of amides is 1. The molecule has 0 radical (unpaired) electrons. The smallest absolute Gasteiger partial charge is 0.328 e. The number of aromatic nitrogens is 1. The predicted octanol–water partition coefficient (Wildman–Crippen LogP) is 2.50. The SMILES string of the molecule is COC(=O)C1CCCN1C(=O)c1cc(Cl)cn1C(C)C. The van der Waals surface area contributed by atoms with Gasteiger partial charge in [0.25, 0.3) is 5.91 Å². The lowest BCUT2D eigenvalue weighted by molar-refractivity contribution is -0.145. The van der Waals surface area contributed by atoms with Gasteiger partial charge in [0.2, 0.25) is 0 Å². The Labute approximate surface area is 123 Å². The molecule has 1 saturated heterocycles. The Bertz CT molecular complexity index is 524. The molecule has 0 saturated carbocycles. The van der Waals surface area contributed by atoms with Crippen LogP contribution in [-0.4, -0.2) is 41.0 Å². The van der Waals surface area contributed by atoms with Crippen molar-refractivity contribution in [1.29, 1.82) is 0 Å². The number of carbonyl (C=O) groups excluding carboxylic acids is 2. The molecule has 5 nitrogen and oxygen atoms in total. The lowest BCUT2D eigenvalue weighted by atomic mass is 10.2. The average Bonchev–Trinajstić information content (AvgIpc) is 3.03. The second kappa shape index (κ2) is 5.87. The summed E-state index contributed by atoms with van der Waals surface area (Å²) in [4.78, 5) is 26.0. The Hall–Kier alpha value is -1.49. The summed E-state index contributed by atoms with van der Waals surface area (Å²) < 4.78 is 6.60. The molecule has 1 aliphatic heterocycles. The minimum atomic E-state index is -0.484. The molecule has 0 N–H and O–H groups in total. The highest BCUT2D eigenvalue weighted by Crippen LogP contribution is 2.25. The van der Waals surface area contributed by atoms with E-state index in [-0.39, 0.29) is 17.9 Å². The van der Waals surface area contributed by atoms with Crippen LogP contribution >= 0.6 is 11.6 Å². The molecule has 0 aliphatic carbocycles. The molecule has 1 aromatic rings. The van der Waals surface area contributed by atoms with Crippen LogP contribution in [0.5, 0.6) is 0 Å². The Morgan fingerprint density at radius 2 is 2.15 bits per heavy atom. The highest BCUT2D eigenvalue weighted by molar-refractivity contribution is 6.31. The maximum Gasteiger partial charge on any atom is 0.328 e. The molecule has 0 spiro atoms. The van der Waals surface area contributed by atoms with E-state index in [9.17, 15) is 9.59 Å². The zero-order valence-electron chi connectivity index (χ0n) is 11.9. The maximum absolute atomic E-state index is 12.7. The Morgan fingerprint density at radius 3 is 2.75 bits per heavy atom. The van der Waals surface area contributed by atoms with Gasteiger partial charge in [-0.2, -0.15) is 0 Å². The van der Waals surface area contributed by atoms with Gasteiger partial charge in [-0.15, -0.1) is 0 Å². The van der Waals surface area contributed by atoms with Gasteiger partial charge in [0, 0.05) is 18.8 Å². The van der Waals surface area contributed by atoms with Gasteiger partial charge in [-0.3, -0.25) is 4.79 Å². The number of esters is 1. The zero-order chi connectivity index (χ0) is 14.9. The molecule has 1 amide bonds. The van der Waals surface area contributed by atoms with E-state index < -0.39 is 6.04 Å². The summed E-state index contributed by atoms with van der Waals surface area (Å²) in [5.74, 6) is -0.525. The van der Waals surface area contributed by atoms with Crippen molar-refractivity contribution in [3.8, 4) is 0 Å². The first-order valence-corrected chi connectivity index (χ1v) is 7.09. The summed E-state index contributed by atoms with van der Waals surface area (Å²) in [6.45, 7) is 4.53. The van der Waals surface area contributed by atoms with Crippen molar-refractivity contribution in [2.45, 2.75) is 38.8 Å². The predicted molar refractivity (Wildman–Crippen MR) is 75.9 cm³/mol. The summed E-state index contributed by atoms with van der Waals surface area (Å²) in [5, 5.41) is 0.524. The molecule has 2 rings (SSSR count). The van der Waals surface area contributed by atoms with Gasteiger partial charge in [0.05, 0.1) is 12.1 Å². The number of methoxy groups -OCH3 is 1. The van der Waals surface area contributed by atoms with E-state index in [2.05, 4.69) is 0 Å². The fourth-order valence-electron chi connectivity index (χ4n) is 2.58. The van der Waals surface area contributed by atoms with E-state index in [1.165, 1.54) is 7.11 Å². The number of rotatable bonds is 3.